The lowest BCUT2D eigenvalue weighted by molar-refractivity contribution is -0.136. The highest BCUT2D eigenvalue weighted by molar-refractivity contribution is 6.05. The molecule has 5 heteroatoms. The van der Waals surface area contributed by atoms with Crippen LogP contribution in [0.25, 0.3) is 10.9 Å². The number of carbonyl (C=O) groups is 2. The largest absolute Gasteiger partial charge is 0.338 e. The zero-order valence-electron chi connectivity index (χ0n) is 15.9. The standard InChI is InChI=1S/C23H23N3O2/c1-2-25(15-17-8-4-3-5-9-17)23(28)19-14-21(27)26(16-19)20-12-6-10-18-11-7-13-24-22(18)20/h3-13,19H,2,14-16H2,1H3. The summed E-state index contributed by atoms with van der Waals surface area (Å²) in [7, 11) is 0. The number of fused-ring (bicyclic) bond motifs is 1. The monoisotopic (exact) mass is 373 g/mol. The molecule has 0 N–H and O–H groups in total. The highest BCUT2D eigenvalue weighted by Gasteiger charge is 2.37. The maximum absolute atomic E-state index is 13.1. The molecule has 0 radical (unpaired) electrons. The van der Waals surface area contributed by atoms with Crippen molar-refractivity contribution in [3.8, 4) is 0 Å². The number of anilines is 1. The van der Waals surface area contributed by atoms with Crippen LogP contribution in [0.3, 0.4) is 0 Å². The Balaban J connectivity index is 1.54. The van der Waals surface area contributed by atoms with Crippen molar-refractivity contribution in [2.75, 3.05) is 18.0 Å². The normalized spacial score (nSPS) is 16.5. The van der Waals surface area contributed by atoms with Crippen molar-refractivity contribution in [3.63, 3.8) is 0 Å². The van der Waals surface area contributed by atoms with Gasteiger partial charge in [-0.05, 0) is 24.6 Å². The second kappa shape index (κ2) is 7.80. The number of rotatable bonds is 5. The molecular weight excluding hydrogens is 350 g/mol. The first-order valence-electron chi connectivity index (χ1n) is 9.64. The molecule has 2 heterocycles. The molecule has 142 valence electrons. The summed E-state index contributed by atoms with van der Waals surface area (Å²) in [5, 5.41) is 0.988. The summed E-state index contributed by atoms with van der Waals surface area (Å²) in [5.74, 6) is -0.308. The van der Waals surface area contributed by atoms with Gasteiger partial charge in [0.15, 0.2) is 0 Å². The average Bonchev–Trinajstić information content (AvgIpc) is 3.13. The van der Waals surface area contributed by atoms with Crippen molar-refractivity contribution in [3.05, 3.63) is 72.4 Å². The molecular formula is C23H23N3O2. The minimum Gasteiger partial charge on any atom is -0.338 e. The van der Waals surface area contributed by atoms with E-state index in [1.807, 2.05) is 72.5 Å². The van der Waals surface area contributed by atoms with Gasteiger partial charge in [0.2, 0.25) is 11.8 Å². The lowest BCUT2D eigenvalue weighted by atomic mass is 10.1. The summed E-state index contributed by atoms with van der Waals surface area (Å²) < 4.78 is 0. The first kappa shape index (κ1) is 18.2. The van der Waals surface area contributed by atoms with Gasteiger partial charge in [0, 0.05) is 37.6 Å². The molecule has 2 aromatic carbocycles. The summed E-state index contributed by atoms with van der Waals surface area (Å²) in [5.41, 5.74) is 2.67. The summed E-state index contributed by atoms with van der Waals surface area (Å²) in [6, 6.07) is 19.6. The molecule has 5 nitrogen and oxygen atoms in total. The number of para-hydroxylation sites is 1. The van der Waals surface area contributed by atoms with Crippen molar-refractivity contribution in [1.82, 2.24) is 9.88 Å². The van der Waals surface area contributed by atoms with Gasteiger partial charge in [-0.3, -0.25) is 14.6 Å². The van der Waals surface area contributed by atoms with Crippen LogP contribution in [0.1, 0.15) is 18.9 Å². The van der Waals surface area contributed by atoms with Crippen LogP contribution in [0.15, 0.2) is 66.9 Å². The molecule has 2 amide bonds. The molecule has 0 bridgehead atoms. The van der Waals surface area contributed by atoms with Gasteiger partial charge in [-0.25, -0.2) is 0 Å². The number of hydrogen-bond donors (Lipinski definition) is 0. The molecule has 1 atom stereocenters. The van der Waals surface area contributed by atoms with Crippen molar-refractivity contribution >= 4 is 28.4 Å². The average molecular weight is 373 g/mol. The number of hydrogen-bond acceptors (Lipinski definition) is 3. The van der Waals surface area contributed by atoms with Crippen LogP contribution in [0.2, 0.25) is 0 Å². The SMILES string of the molecule is CCN(Cc1ccccc1)C(=O)C1CC(=O)N(c2cccc3cccnc23)C1. The molecule has 3 aromatic rings. The number of pyridine rings is 1. The topological polar surface area (TPSA) is 53.5 Å². The van der Waals surface area contributed by atoms with E-state index in [1.54, 1.807) is 11.1 Å². The molecule has 0 aliphatic carbocycles. The Kier molecular flexibility index (Phi) is 5.06. The smallest absolute Gasteiger partial charge is 0.228 e. The minimum atomic E-state index is -0.324. The van der Waals surface area contributed by atoms with Gasteiger partial charge in [0.1, 0.15) is 0 Å². The lowest BCUT2D eigenvalue weighted by Crippen LogP contribution is -2.37. The fourth-order valence-corrected chi connectivity index (χ4v) is 3.82. The lowest BCUT2D eigenvalue weighted by Gasteiger charge is -2.24. The maximum Gasteiger partial charge on any atom is 0.228 e. The van der Waals surface area contributed by atoms with Gasteiger partial charge in [-0.1, -0.05) is 48.5 Å². The molecule has 1 fully saturated rings. The van der Waals surface area contributed by atoms with E-state index >= 15 is 0 Å². The number of benzene rings is 2. The number of nitrogens with zero attached hydrogens (tertiary/aromatic N) is 3. The van der Waals surface area contributed by atoms with Crippen LogP contribution >= 0.6 is 0 Å². The van der Waals surface area contributed by atoms with Crippen LogP contribution < -0.4 is 4.90 Å². The third-order valence-electron chi connectivity index (χ3n) is 5.29. The fourth-order valence-electron chi connectivity index (χ4n) is 3.82. The van der Waals surface area contributed by atoms with E-state index in [1.165, 1.54) is 0 Å². The Morgan fingerprint density at radius 3 is 2.68 bits per heavy atom. The molecule has 0 saturated carbocycles. The van der Waals surface area contributed by atoms with Gasteiger partial charge in [0.05, 0.1) is 17.1 Å². The third kappa shape index (κ3) is 3.48. The molecule has 1 unspecified atom stereocenters. The Labute approximate surface area is 164 Å². The highest BCUT2D eigenvalue weighted by atomic mass is 16.2. The quantitative estimate of drug-likeness (QED) is 0.686. The second-order valence-corrected chi connectivity index (χ2v) is 7.10. The van der Waals surface area contributed by atoms with E-state index in [0.717, 1.165) is 22.2 Å². The maximum atomic E-state index is 13.1. The molecule has 1 aliphatic rings. The number of carbonyl (C=O) groups excluding carboxylic acids is 2. The summed E-state index contributed by atoms with van der Waals surface area (Å²) in [6.45, 7) is 3.56. The number of amides is 2. The molecule has 28 heavy (non-hydrogen) atoms. The van der Waals surface area contributed by atoms with Gasteiger partial charge in [0.25, 0.3) is 0 Å². The van der Waals surface area contributed by atoms with Crippen molar-refractivity contribution < 1.29 is 9.59 Å². The first-order chi connectivity index (χ1) is 13.7. The summed E-state index contributed by atoms with van der Waals surface area (Å²) in [6.07, 6.45) is 1.97. The van der Waals surface area contributed by atoms with Crippen molar-refractivity contribution in [2.45, 2.75) is 19.9 Å². The van der Waals surface area contributed by atoms with Crippen LogP contribution in [0.4, 0.5) is 5.69 Å². The van der Waals surface area contributed by atoms with Gasteiger partial charge >= 0.3 is 0 Å². The first-order valence-corrected chi connectivity index (χ1v) is 9.64. The molecule has 0 spiro atoms. The van der Waals surface area contributed by atoms with Crippen LogP contribution in [0, 0.1) is 5.92 Å². The molecule has 1 aromatic heterocycles. The van der Waals surface area contributed by atoms with Gasteiger partial charge in [-0.2, -0.15) is 0 Å². The zero-order valence-corrected chi connectivity index (χ0v) is 15.9. The van der Waals surface area contributed by atoms with Gasteiger partial charge < -0.3 is 9.80 Å². The van der Waals surface area contributed by atoms with E-state index in [4.69, 9.17) is 0 Å². The summed E-state index contributed by atoms with van der Waals surface area (Å²) >= 11 is 0. The van der Waals surface area contributed by atoms with Crippen LogP contribution in [-0.4, -0.2) is 34.8 Å². The van der Waals surface area contributed by atoms with Crippen molar-refractivity contribution in [1.29, 1.82) is 0 Å². The third-order valence-corrected chi connectivity index (χ3v) is 5.29. The predicted molar refractivity (Wildman–Crippen MR) is 110 cm³/mol. The van der Waals surface area contributed by atoms with Crippen LogP contribution in [-0.2, 0) is 16.1 Å². The number of aromatic nitrogens is 1. The van der Waals surface area contributed by atoms with Crippen LogP contribution in [0.5, 0.6) is 0 Å². The Morgan fingerprint density at radius 1 is 1.11 bits per heavy atom. The second-order valence-electron chi connectivity index (χ2n) is 7.10. The molecule has 1 saturated heterocycles. The zero-order chi connectivity index (χ0) is 19.5. The summed E-state index contributed by atoms with van der Waals surface area (Å²) in [4.78, 5) is 33.8. The fraction of sp³-hybridized carbons (Fsp3) is 0.261. The molecule has 1 aliphatic heterocycles. The van der Waals surface area contributed by atoms with E-state index in [-0.39, 0.29) is 24.2 Å². The minimum absolute atomic E-state index is 0.0210. The van der Waals surface area contributed by atoms with E-state index < -0.39 is 0 Å². The Bertz CT molecular complexity index is 998. The predicted octanol–water partition coefficient (Wildman–Crippen LogP) is 3.64. The van der Waals surface area contributed by atoms with E-state index in [2.05, 4.69) is 4.98 Å². The van der Waals surface area contributed by atoms with Crippen molar-refractivity contribution in [2.24, 2.45) is 5.92 Å². The molecule has 4 rings (SSSR count). The van der Waals surface area contributed by atoms with E-state index in [9.17, 15) is 9.59 Å². The Hall–Kier alpha value is -3.21. The van der Waals surface area contributed by atoms with E-state index in [0.29, 0.717) is 19.6 Å². The highest BCUT2D eigenvalue weighted by Crippen LogP contribution is 2.31. The Morgan fingerprint density at radius 2 is 1.89 bits per heavy atom. The van der Waals surface area contributed by atoms with Gasteiger partial charge in [-0.15, -0.1) is 0 Å².